The van der Waals surface area contributed by atoms with Gasteiger partial charge >= 0.3 is 6.09 Å². The molecule has 0 saturated heterocycles. The second-order valence-corrected chi connectivity index (χ2v) is 9.26. The Balaban J connectivity index is 1.31. The highest BCUT2D eigenvalue weighted by atomic mass is 35.5. The molecule has 1 atom stereocenters. The fraction of sp³-hybridized carbons (Fsp3) is 0.154. The quantitative estimate of drug-likeness (QED) is 0.290. The first kappa shape index (κ1) is 22.9. The summed E-state index contributed by atoms with van der Waals surface area (Å²) < 4.78 is 1.61. The molecule has 3 N–H and O–H groups in total. The number of fused-ring (bicyclic) bond motifs is 1. The normalized spacial score (nSPS) is 14.8. The lowest BCUT2D eigenvalue weighted by molar-refractivity contribution is 0.209. The van der Waals surface area contributed by atoms with Crippen LogP contribution in [0.15, 0.2) is 67.3 Å². The molecule has 3 aromatic heterocycles. The molecule has 0 bridgehead atoms. The molecule has 1 amide bonds. The minimum Gasteiger partial charge on any atom is -0.465 e. The molecule has 0 aliphatic heterocycles. The van der Waals surface area contributed by atoms with Gasteiger partial charge in [-0.25, -0.2) is 9.78 Å². The summed E-state index contributed by atoms with van der Waals surface area (Å²) in [6, 6.07) is 14.9. The van der Waals surface area contributed by atoms with Gasteiger partial charge in [-0.15, -0.1) is 5.10 Å². The Labute approximate surface area is 216 Å². The second-order valence-electron chi connectivity index (χ2n) is 8.82. The van der Waals surface area contributed by atoms with Gasteiger partial charge in [0.1, 0.15) is 12.2 Å². The summed E-state index contributed by atoms with van der Waals surface area (Å²) in [6.07, 6.45) is 7.03. The molecular formula is C26H21ClN8O2. The van der Waals surface area contributed by atoms with Crippen molar-refractivity contribution in [1.82, 2.24) is 35.2 Å². The van der Waals surface area contributed by atoms with Crippen LogP contribution in [0.1, 0.15) is 35.8 Å². The summed E-state index contributed by atoms with van der Waals surface area (Å²) in [5.74, 6) is 0.916. The van der Waals surface area contributed by atoms with Crippen molar-refractivity contribution < 1.29 is 9.90 Å². The molecule has 0 saturated carbocycles. The Bertz CT molecular complexity index is 1580. The number of amides is 1. The molecule has 1 unspecified atom stereocenters. The molecule has 11 heteroatoms. The molecule has 0 fully saturated rings. The summed E-state index contributed by atoms with van der Waals surface area (Å²) in [5.41, 5.74) is 7.17. The largest absolute Gasteiger partial charge is 0.465 e. The number of carbonyl (C=O) groups is 1. The monoisotopic (exact) mass is 512 g/mol. The second kappa shape index (κ2) is 9.47. The Hall–Kier alpha value is -4.57. The van der Waals surface area contributed by atoms with E-state index in [0.29, 0.717) is 10.7 Å². The lowest BCUT2D eigenvalue weighted by Crippen LogP contribution is -2.14. The maximum absolute atomic E-state index is 10.8. The fourth-order valence-corrected chi connectivity index (χ4v) is 4.98. The number of nitrogens with one attached hydrogen (secondary N) is 2. The zero-order valence-electron chi connectivity index (χ0n) is 19.5. The summed E-state index contributed by atoms with van der Waals surface area (Å²) in [5, 5.41) is 23.4. The van der Waals surface area contributed by atoms with E-state index >= 15 is 0 Å². The van der Waals surface area contributed by atoms with Gasteiger partial charge in [0, 0.05) is 28.0 Å². The van der Waals surface area contributed by atoms with E-state index in [1.165, 1.54) is 5.56 Å². The predicted molar refractivity (Wildman–Crippen MR) is 138 cm³/mol. The molecule has 184 valence electrons. The van der Waals surface area contributed by atoms with Crippen molar-refractivity contribution in [2.45, 2.75) is 25.2 Å². The number of benzene rings is 2. The molecular weight excluding hydrogens is 492 g/mol. The van der Waals surface area contributed by atoms with Crippen molar-refractivity contribution in [3.63, 3.8) is 0 Å². The number of tetrazole rings is 1. The van der Waals surface area contributed by atoms with Crippen molar-refractivity contribution in [3.8, 4) is 28.1 Å². The molecule has 5 aromatic rings. The average molecular weight is 513 g/mol. The number of halogens is 1. The first-order valence-electron chi connectivity index (χ1n) is 11.7. The van der Waals surface area contributed by atoms with Crippen LogP contribution >= 0.6 is 11.6 Å². The molecule has 37 heavy (non-hydrogen) atoms. The highest BCUT2D eigenvalue weighted by Crippen LogP contribution is 2.38. The fourth-order valence-electron chi connectivity index (χ4n) is 4.81. The summed E-state index contributed by atoms with van der Waals surface area (Å²) in [6.45, 7) is 0. The van der Waals surface area contributed by atoms with Crippen LogP contribution in [0.4, 0.5) is 10.5 Å². The van der Waals surface area contributed by atoms with Crippen molar-refractivity contribution >= 4 is 23.4 Å². The van der Waals surface area contributed by atoms with Gasteiger partial charge in [-0.2, -0.15) is 4.68 Å². The molecule has 6 rings (SSSR count). The van der Waals surface area contributed by atoms with Gasteiger partial charge in [0.05, 0.1) is 29.2 Å². The van der Waals surface area contributed by atoms with Crippen molar-refractivity contribution in [2.24, 2.45) is 0 Å². The van der Waals surface area contributed by atoms with Crippen LogP contribution in [0, 0.1) is 0 Å². The number of hydrogen-bond donors (Lipinski definition) is 3. The third-order valence-electron chi connectivity index (χ3n) is 6.51. The van der Waals surface area contributed by atoms with Crippen LogP contribution in [0.2, 0.25) is 5.02 Å². The Morgan fingerprint density at radius 3 is 2.73 bits per heavy atom. The lowest BCUT2D eigenvalue weighted by Gasteiger charge is -2.24. The number of carboxylic acid groups (broad SMARTS) is 1. The number of hydrogen-bond acceptors (Lipinski definition) is 6. The van der Waals surface area contributed by atoms with Gasteiger partial charge in [-0.05, 0) is 77.2 Å². The van der Waals surface area contributed by atoms with Crippen LogP contribution in [0.5, 0.6) is 0 Å². The third-order valence-corrected chi connectivity index (χ3v) is 6.74. The van der Waals surface area contributed by atoms with Gasteiger partial charge in [-0.3, -0.25) is 10.3 Å². The molecule has 2 aromatic carbocycles. The topological polar surface area (TPSA) is 134 Å². The van der Waals surface area contributed by atoms with Crippen LogP contribution in [-0.2, 0) is 6.42 Å². The zero-order valence-corrected chi connectivity index (χ0v) is 20.2. The number of imidazole rings is 1. The van der Waals surface area contributed by atoms with E-state index in [-0.39, 0.29) is 5.92 Å². The van der Waals surface area contributed by atoms with Gasteiger partial charge in [-0.1, -0.05) is 23.7 Å². The Kier molecular flexibility index (Phi) is 5.85. The predicted octanol–water partition coefficient (Wildman–Crippen LogP) is 5.33. The van der Waals surface area contributed by atoms with Crippen LogP contribution < -0.4 is 5.32 Å². The number of aromatic nitrogens is 7. The minimum absolute atomic E-state index is 0.0536. The number of anilines is 1. The van der Waals surface area contributed by atoms with Gasteiger partial charge in [0.2, 0.25) is 0 Å². The van der Waals surface area contributed by atoms with Gasteiger partial charge in [0.15, 0.2) is 0 Å². The van der Waals surface area contributed by atoms with Crippen molar-refractivity contribution in [1.29, 1.82) is 0 Å². The highest BCUT2D eigenvalue weighted by molar-refractivity contribution is 6.31. The number of aryl methyl sites for hydroxylation is 1. The lowest BCUT2D eigenvalue weighted by atomic mass is 9.85. The highest BCUT2D eigenvalue weighted by Gasteiger charge is 2.26. The number of H-pyrrole nitrogens is 1. The molecule has 0 spiro atoms. The van der Waals surface area contributed by atoms with E-state index in [4.69, 9.17) is 21.7 Å². The smallest absolute Gasteiger partial charge is 0.409 e. The summed E-state index contributed by atoms with van der Waals surface area (Å²) in [4.78, 5) is 23.9. The Morgan fingerprint density at radius 1 is 1.08 bits per heavy atom. The molecule has 3 heterocycles. The SMILES string of the molecule is O=C(O)Nc1ccc(-c2cnc(C3CCCc4cc(-c5cc(Cl)ccc5-n5cnnn5)cnc43)[nH]2)cc1. The van der Waals surface area contributed by atoms with Crippen molar-refractivity contribution in [3.05, 3.63) is 89.4 Å². The standard InChI is InChI=1S/C26H21ClN8O2/c27-18-6-9-23(35-14-30-33-34-35)21(11-18)17-10-16-2-1-3-20(24(16)28-12-17)25-29-13-22(32-25)15-4-7-19(8-5-15)31-26(36)37/h4-14,20,31H,1-3H2,(H,29,32)(H,36,37). The van der Waals surface area contributed by atoms with E-state index < -0.39 is 6.09 Å². The van der Waals surface area contributed by atoms with E-state index in [0.717, 1.165) is 58.9 Å². The molecule has 10 nitrogen and oxygen atoms in total. The van der Waals surface area contributed by atoms with E-state index in [1.807, 2.05) is 42.7 Å². The molecule has 1 aliphatic rings. The van der Waals surface area contributed by atoms with E-state index in [9.17, 15) is 4.79 Å². The number of rotatable bonds is 5. The van der Waals surface area contributed by atoms with Crippen LogP contribution in [0.25, 0.3) is 28.1 Å². The van der Waals surface area contributed by atoms with Gasteiger partial charge in [0.25, 0.3) is 0 Å². The molecule has 0 radical (unpaired) electrons. The van der Waals surface area contributed by atoms with E-state index in [1.54, 1.807) is 23.1 Å². The maximum Gasteiger partial charge on any atom is 0.409 e. The first-order chi connectivity index (χ1) is 18.0. The van der Waals surface area contributed by atoms with Crippen molar-refractivity contribution in [2.75, 3.05) is 5.32 Å². The number of pyridine rings is 1. The zero-order chi connectivity index (χ0) is 25.4. The Morgan fingerprint density at radius 2 is 1.95 bits per heavy atom. The number of nitrogens with zero attached hydrogens (tertiary/aromatic N) is 6. The van der Waals surface area contributed by atoms with E-state index in [2.05, 4.69) is 36.9 Å². The summed E-state index contributed by atoms with van der Waals surface area (Å²) in [7, 11) is 0. The third kappa shape index (κ3) is 4.54. The number of aromatic amines is 1. The molecule has 1 aliphatic carbocycles. The summed E-state index contributed by atoms with van der Waals surface area (Å²) >= 11 is 6.34. The minimum atomic E-state index is -1.09. The first-order valence-corrected chi connectivity index (χ1v) is 12.1. The van der Waals surface area contributed by atoms with Crippen LogP contribution in [0.3, 0.4) is 0 Å². The van der Waals surface area contributed by atoms with Gasteiger partial charge < -0.3 is 10.1 Å². The maximum atomic E-state index is 10.8. The van der Waals surface area contributed by atoms with Crippen LogP contribution in [-0.4, -0.2) is 46.4 Å². The average Bonchev–Trinajstić information content (AvgIpc) is 3.61.